The molecular weight excluding hydrogens is 308 g/mol. The first kappa shape index (κ1) is 18.4. The first-order valence-corrected chi connectivity index (χ1v) is 8.48. The number of hydrogen-bond donors (Lipinski definition) is 2. The summed E-state index contributed by atoms with van der Waals surface area (Å²) >= 11 is 0. The molecule has 1 aromatic rings. The molecule has 2 unspecified atom stereocenters. The summed E-state index contributed by atoms with van der Waals surface area (Å²) < 4.78 is 0. The summed E-state index contributed by atoms with van der Waals surface area (Å²) in [5, 5.41) is 19.4. The van der Waals surface area contributed by atoms with Crippen molar-refractivity contribution < 1.29 is 14.8 Å². The quantitative estimate of drug-likeness (QED) is 0.635. The highest BCUT2D eigenvalue weighted by molar-refractivity contribution is 5.68. The van der Waals surface area contributed by atoms with Crippen LogP contribution < -0.4 is 5.73 Å². The molecule has 2 aliphatic carbocycles. The molecule has 0 aromatic heterocycles. The average molecular weight is 334 g/mol. The van der Waals surface area contributed by atoms with E-state index in [0.717, 1.165) is 25.7 Å². The monoisotopic (exact) mass is 334 g/mol. The molecule has 2 saturated carbocycles. The molecule has 0 saturated heterocycles. The number of hydrogen-bond acceptors (Lipinski definition) is 4. The number of nitro groups is 1. The van der Waals surface area contributed by atoms with Crippen LogP contribution in [-0.2, 0) is 4.79 Å². The van der Waals surface area contributed by atoms with Crippen LogP contribution in [-0.4, -0.2) is 22.5 Å². The molecule has 4 atom stereocenters. The molecule has 6 nitrogen and oxygen atoms in total. The van der Waals surface area contributed by atoms with E-state index in [1.807, 2.05) is 37.3 Å². The number of nitrogens with two attached hydrogens (primary N) is 1. The molecule has 6 heteroatoms. The number of fused-ring (bicyclic) bond motifs is 1. The summed E-state index contributed by atoms with van der Waals surface area (Å²) in [6.07, 6.45) is 3.92. The first-order valence-electron chi connectivity index (χ1n) is 8.48. The zero-order valence-electron chi connectivity index (χ0n) is 14.1. The van der Waals surface area contributed by atoms with Gasteiger partial charge in [0, 0.05) is 16.4 Å². The maximum absolute atomic E-state index is 10.8. The topological polar surface area (TPSA) is 106 Å². The van der Waals surface area contributed by atoms with E-state index in [9.17, 15) is 14.9 Å². The van der Waals surface area contributed by atoms with Crippen molar-refractivity contribution in [3.05, 3.63) is 46.0 Å². The number of carboxylic acid groups (broad SMARTS) is 1. The largest absolute Gasteiger partial charge is 0.481 e. The molecule has 132 valence electrons. The van der Waals surface area contributed by atoms with Gasteiger partial charge in [-0.1, -0.05) is 43.2 Å². The van der Waals surface area contributed by atoms with Crippen LogP contribution in [0.5, 0.6) is 0 Å². The van der Waals surface area contributed by atoms with Crippen LogP contribution in [0.2, 0.25) is 0 Å². The Morgan fingerprint density at radius 3 is 2.54 bits per heavy atom. The van der Waals surface area contributed by atoms with Crippen LogP contribution in [0.4, 0.5) is 0 Å². The van der Waals surface area contributed by atoms with Gasteiger partial charge in [0.05, 0.1) is 6.42 Å². The first-order chi connectivity index (χ1) is 11.3. The van der Waals surface area contributed by atoms with E-state index in [1.54, 1.807) is 0 Å². The molecule has 3 N–H and O–H groups in total. The van der Waals surface area contributed by atoms with E-state index >= 15 is 0 Å². The molecule has 0 aliphatic heterocycles. The van der Waals surface area contributed by atoms with Crippen molar-refractivity contribution >= 4 is 5.97 Å². The lowest BCUT2D eigenvalue weighted by molar-refractivity contribution is -0.506. The van der Waals surface area contributed by atoms with Crippen LogP contribution >= 0.6 is 0 Å². The minimum atomic E-state index is -0.901. The fraction of sp³-hybridized carbons (Fsp3) is 0.611. The molecule has 0 radical (unpaired) electrons. The van der Waals surface area contributed by atoms with Crippen molar-refractivity contribution in [2.24, 2.45) is 23.0 Å². The molecule has 2 fully saturated rings. The molecule has 0 spiro atoms. The lowest BCUT2D eigenvalue weighted by Gasteiger charge is -2.49. The standard InChI is InChI=1S/C10H15NO4.C8H11N/c12-9(13)5-10(6-11(14)15)4-7-2-1-3-8(7)10;1-7(9)8-5-3-2-4-6-8/h7-8H,1-6H2,(H,12,13);2-7H,9H2,1H3/t7?,8?,10-;7-/m11/s1. The van der Waals surface area contributed by atoms with E-state index in [0.29, 0.717) is 11.8 Å². The molecule has 0 bridgehead atoms. The second kappa shape index (κ2) is 7.75. The van der Waals surface area contributed by atoms with Gasteiger partial charge >= 0.3 is 5.97 Å². The summed E-state index contributed by atoms with van der Waals surface area (Å²) in [6.45, 7) is 1.82. The Balaban J connectivity index is 0.000000198. The number of carboxylic acids is 1. The van der Waals surface area contributed by atoms with E-state index in [-0.39, 0.29) is 23.9 Å². The van der Waals surface area contributed by atoms with Gasteiger partial charge in [-0.2, -0.15) is 0 Å². The average Bonchev–Trinajstić information content (AvgIpc) is 2.90. The predicted octanol–water partition coefficient (Wildman–Crippen LogP) is 3.25. The number of carbonyl (C=O) groups is 1. The summed E-state index contributed by atoms with van der Waals surface area (Å²) in [4.78, 5) is 21.0. The second-order valence-electron chi connectivity index (χ2n) is 7.12. The van der Waals surface area contributed by atoms with Gasteiger partial charge in [0.2, 0.25) is 6.54 Å². The third kappa shape index (κ3) is 4.32. The number of rotatable bonds is 5. The highest BCUT2D eigenvalue weighted by atomic mass is 16.6. The van der Waals surface area contributed by atoms with Crippen LogP contribution in [0.1, 0.15) is 50.6 Å². The molecule has 1 aromatic carbocycles. The number of benzene rings is 1. The Kier molecular flexibility index (Phi) is 5.94. The van der Waals surface area contributed by atoms with Crippen molar-refractivity contribution in [2.75, 3.05) is 6.54 Å². The van der Waals surface area contributed by atoms with Crippen molar-refractivity contribution in [3.63, 3.8) is 0 Å². The molecular formula is C18H26N2O4. The molecule has 0 amide bonds. The Hall–Kier alpha value is -1.95. The van der Waals surface area contributed by atoms with E-state index in [1.165, 1.54) is 5.56 Å². The predicted molar refractivity (Wildman–Crippen MR) is 91.0 cm³/mol. The third-order valence-electron chi connectivity index (χ3n) is 5.39. The van der Waals surface area contributed by atoms with Gasteiger partial charge in [-0.25, -0.2) is 0 Å². The highest BCUT2D eigenvalue weighted by Crippen LogP contribution is 2.60. The molecule has 24 heavy (non-hydrogen) atoms. The van der Waals surface area contributed by atoms with E-state index < -0.39 is 11.4 Å². The fourth-order valence-corrected chi connectivity index (χ4v) is 4.36. The third-order valence-corrected chi connectivity index (χ3v) is 5.39. The number of nitrogens with zero attached hydrogens (tertiary/aromatic N) is 1. The van der Waals surface area contributed by atoms with Gasteiger partial charge in [-0.3, -0.25) is 14.9 Å². The van der Waals surface area contributed by atoms with Crippen LogP contribution in [0.15, 0.2) is 30.3 Å². The summed E-state index contributed by atoms with van der Waals surface area (Å²) in [5.41, 5.74) is 6.27. The van der Waals surface area contributed by atoms with Crippen molar-refractivity contribution in [1.29, 1.82) is 0 Å². The number of aliphatic carboxylic acids is 1. The van der Waals surface area contributed by atoms with Gasteiger partial charge in [-0.15, -0.1) is 0 Å². The van der Waals surface area contributed by atoms with Crippen molar-refractivity contribution in [2.45, 2.75) is 45.1 Å². The minimum absolute atomic E-state index is 0.0326. The second-order valence-corrected chi connectivity index (χ2v) is 7.12. The Morgan fingerprint density at radius 1 is 1.42 bits per heavy atom. The maximum atomic E-state index is 10.8. The molecule has 3 rings (SSSR count). The molecule has 0 heterocycles. The normalized spacial score (nSPS) is 28.8. The highest BCUT2D eigenvalue weighted by Gasteiger charge is 2.58. The van der Waals surface area contributed by atoms with Crippen molar-refractivity contribution in [1.82, 2.24) is 0 Å². The Labute approximate surface area is 142 Å². The van der Waals surface area contributed by atoms with E-state index in [2.05, 4.69) is 0 Å². The maximum Gasteiger partial charge on any atom is 0.304 e. The smallest absolute Gasteiger partial charge is 0.304 e. The lowest BCUT2D eigenvalue weighted by Crippen LogP contribution is -2.50. The summed E-state index contributed by atoms with van der Waals surface area (Å²) in [7, 11) is 0. The SMILES string of the molecule is C[C@@H](N)c1ccccc1.O=C(O)C[C@@]1(C[N+](=O)[O-])CC2CCCC21. The van der Waals surface area contributed by atoms with Gasteiger partial charge in [0.15, 0.2) is 0 Å². The Morgan fingerprint density at radius 2 is 2.08 bits per heavy atom. The zero-order valence-corrected chi connectivity index (χ0v) is 14.1. The van der Waals surface area contributed by atoms with Gasteiger partial charge in [0.1, 0.15) is 0 Å². The van der Waals surface area contributed by atoms with Gasteiger partial charge in [0.25, 0.3) is 0 Å². The minimum Gasteiger partial charge on any atom is -0.481 e. The lowest BCUT2D eigenvalue weighted by atomic mass is 9.53. The molecule has 2 aliphatic rings. The van der Waals surface area contributed by atoms with E-state index in [4.69, 9.17) is 10.8 Å². The Bertz CT molecular complexity index is 558. The zero-order chi connectivity index (χ0) is 17.7. The van der Waals surface area contributed by atoms with Crippen molar-refractivity contribution in [3.8, 4) is 0 Å². The van der Waals surface area contributed by atoms with Crippen LogP contribution in [0.25, 0.3) is 0 Å². The van der Waals surface area contributed by atoms with Crippen LogP contribution in [0, 0.1) is 27.4 Å². The summed E-state index contributed by atoms with van der Waals surface area (Å²) in [5.74, 6) is -0.0505. The van der Waals surface area contributed by atoms with Gasteiger partial charge in [-0.05, 0) is 37.2 Å². The van der Waals surface area contributed by atoms with Crippen LogP contribution in [0.3, 0.4) is 0 Å². The fourth-order valence-electron chi connectivity index (χ4n) is 4.36. The van der Waals surface area contributed by atoms with Gasteiger partial charge < -0.3 is 10.8 Å². The summed E-state index contributed by atoms with van der Waals surface area (Å²) in [6, 6.07) is 10.2.